The molecule has 5 heteroatoms. The van der Waals surface area contributed by atoms with Gasteiger partial charge in [0.15, 0.2) is 6.10 Å². The van der Waals surface area contributed by atoms with Crippen molar-refractivity contribution >= 4 is 21.8 Å². The fourth-order valence-corrected chi connectivity index (χ4v) is 2.77. The van der Waals surface area contributed by atoms with E-state index in [1.54, 1.807) is 6.92 Å². The van der Waals surface area contributed by atoms with Gasteiger partial charge >= 0.3 is 0 Å². The van der Waals surface area contributed by atoms with E-state index in [2.05, 4.69) is 21.2 Å². The van der Waals surface area contributed by atoms with Crippen LogP contribution in [0.5, 0.6) is 5.75 Å². The van der Waals surface area contributed by atoms with E-state index in [4.69, 9.17) is 4.74 Å². The molecule has 0 spiro atoms. The number of nitrogens with one attached hydrogen (secondary N) is 1. The molecule has 0 radical (unpaired) electrons. The van der Waals surface area contributed by atoms with Gasteiger partial charge in [0.1, 0.15) is 5.75 Å². The second-order valence-corrected chi connectivity index (χ2v) is 6.55. The number of hydrogen-bond donors (Lipinski definition) is 2. The first-order valence-electron chi connectivity index (χ1n) is 7.42. The molecule has 2 rings (SSSR count). The average molecular weight is 356 g/mol. The number of aliphatic hydroxyl groups excluding tert-OH is 1. The lowest BCUT2D eigenvalue weighted by Gasteiger charge is -2.26. The molecule has 0 heterocycles. The third-order valence-corrected chi connectivity index (χ3v) is 4.41. The maximum absolute atomic E-state index is 12.0. The van der Waals surface area contributed by atoms with Crippen LogP contribution in [-0.2, 0) is 4.79 Å². The van der Waals surface area contributed by atoms with Crippen LogP contribution in [0.25, 0.3) is 0 Å². The van der Waals surface area contributed by atoms with Crippen molar-refractivity contribution in [2.24, 2.45) is 5.92 Å². The molecule has 21 heavy (non-hydrogen) atoms. The van der Waals surface area contributed by atoms with Crippen LogP contribution in [-0.4, -0.2) is 29.8 Å². The number of aliphatic hydroxyl groups is 1. The Balaban J connectivity index is 1.73. The van der Waals surface area contributed by atoms with Gasteiger partial charge in [-0.25, -0.2) is 0 Å². The molecule has 0 aliphatic heterocycles. The molecule has 116 valence electrons. The molecule has 1 saturated carbocycles. The lowest BCUT2D eigenvalue weighted by molar-refractivity contribution is -0.127. The maximum atomic E-state index is 12.0. The van der Waals surface area contributed by atoms with Crippen molar-refractivity contribution < 1.29 is 14.6 Å². The molecule has 1 fully saturated rings. The lowest BCUT2D eigenvalue weighted by Crippen LogP contribution is -2.39. The summed E-state index contributed by atoms with van der Waals surface area (Å²) in [7, 11) is 0. The second kappa shape index (κ2) is 7.80. The molecule has 0 bridgehead atoms. The molecular weight excluding hydrogens is 334 g/mol. The number of carbonyl (C=O) groups excluding carboxylic acids is 1. The van der Waals surface area contributed by atoms with E-state index < -0.39 is 6.10 Å². The SMILES string of the molecule is CC(Oc1ccc(Br)cc1)C(=O)NCC1CCC(O)CC1. The summed E-state index contributed by atoms with van der Waals surface area (Å²) < 4.78 is 6.59. The molecule has 4 nitrogen and oxygen atoms in total. The summed E-state index contributed by atoms with van der Waals surface area (Å²) in [5.74, 6) is 1.06. The predicted molar refractivity (Wildman–Crippen MR) is 85.2 cm³/mol. The first kappa shape index (κ1) is 16.3. The number of halogens is 1. The standard InChI is InChI=1S/C16H22BrNO3/c1-11(21-15-8-4-13(17)5-9-15)16(20)18-10-12-2-6-14(19)7-3-12/h4-5,8-9,11-12,14,19H,2-3,6-7,10H2,1H3,(H,18,20). The zero-order chi connectivity index (χ0) is 15.2. The van der Waals surface area contributed by atoms with Crippen LogP contribution in [0.1, 0.15) is 32.6 Å². The first-order chi connectivity index (χ1) is 10.0. The van der Waals surface area contributed by atoms with Gasteiger partial charge in [0, 0.05) is 11.0 Å². The van der Waals surface area contributed by atoms with Crippen LogP contribution in [0.15, 0.2) is 28.7 Å². The number of carbonyl (C=O) groups is 1. The Kier molecular flexibility index (Phi) is 6.06. The average Bonchev–Trinajstić information content (AvgIpc) is 2.48. The van der Waals surface area contributed by atoms with Gasteiger partial charge in [0.2, 0.25) is 0 Å². The highest BCUT2D eigenvalue weighted by molar-refractivity contribution is 9.10. The summed E-state index contributed by atoms with van der Waals surface area (Å²) in [5, 5.41) is 12.4. The summed E-state index contributed by atoms with van der Waals surface area (Å²) in [6.07, 6.45) is 2.96. The highest BCUT2D eigenvalue weighted by atomic mass is 79.9. The van der Waals surface area contributed by atoms with E-state index in [0.717, 1.165) is 30.2 Å². The molecule has 1 aliphatic rings. The fraction of sp³-hybridized carbons (Fsp3) is 0.562. The minimum absolute atomic E-state index is 0.0935. The Morgan fingerprint density at radius 1 is 1.33 bits per heavy atom. The summed E-state index contributed by atoms with van der Waals surface area (Å²) in [5.41, 5.74) is 0. The molecule has 0 saturated heterocycles. The molecule has 1 aliphatic carbocycles. The Bertz CT molecular complexity index is 455. The maximum Gasteiger partial charge on any atom is 0.260 e. The zero-order valence-electron chi connectivity index (χ0n) is 12.2. The first-order valence-corrected chi connectivity index (χ1v) is 8.22. The molecule has 1 unspecified atom stereocenters. The summed E-state index contributed by atoms with van der Waals surface area (Å²) in [6, 6.07) is 7.42. The lowest BCUT2D eigenvalue weighted by atomic mass is 9.87. The summed E-state index contributed by atoms with van der Waals surface area (Å²) in [6.45, 7) is 2.42. The largest absolute Gasteiger partial charge is 0.481 e. The van der Waals surface area contributed by atoms with Gasteiger partial charge < -0.3 is 15.2 Å². The van der Waals surface area contributed by atoms with Gasteiger partial charge in [-0.3, -0.25) is 4.79 Å². The van der Waals surface area contributed by atoms with Gasteiger partial charge in [0.25, 0.3) is 5.91 Å². The Labute approximate surface area is 134 Å². The normalized spacial score (nSPS) is 23.4. The van der Waals surface area contributed by atoms with E-state index in [-0.39, 0.29) is 12.0 Å². The van der Waals surface area contributed by atoms with Crippen molar-refractivity contribution in [2.75, 3.05) is 6.54 Å². The van der Waals surface area contributed by atoms with E-state index >= 15 is 0 Å². The van der Waals surface area contributed by atoms with Crippen molar-refractivity contribution in [1.29, 1.82) is 0 Å². The monoisotopic (exact) mass is 355 g/mol. The molecule has 1 aromatic rings. The number of hydrogen-bond acceptors (Lipinski definition) is 3. The van der Waals surface area contributed by atoms with Gasteiger partial charge in [-0.2, -0.15) is 0 Å². The summed E-state index contributed by atoms with van der Waals surface area (Å²) in [4.78, 5) is 12.0. The molecular formula is C16H22BrNO3. The Hall–Kier alpha value is -1.07. The van der Waals surface area contributed by atoms with E-state index in [1.807, 2.05) is 24.3 Å². The predicted octanol–water partition coefficient (Wildman–Crippen LogP) is 2.88. The van der Waals surface area contributed by atoms with Crippen molar-refractivity contribution in [3.05, 3.63) is 28.7 Å². The number of ether oxygens (including phenoxy) is 1. The van der Waals surface area contributed by atoms with Gasteiger partial charge in [-0.15, -0.1) is 0 Å². The van der Waals surface area contributed by atoms with Gasteiger partial charge in [-0.1, -0.05) is 15.9 Å². The van der Waals surface area contributed by atoms with Crippen LogP contribution in [0.4, 0.5) is 0 Å². The molecule has 1 amide bonds. The van der Waals surface area contributed by atoms with Gasteiger partial charge in [0.05, 0.1) is 6.10 Å². The number of benzene rings is 1. The van der Waals surface area contributed by atoms with Crippen LogP contribution in [0.2, 0.25) is 0 Å². The summed E-state index contributed by atoms with van der Waals surface area (Å²) >= 11 is 3.36. The van der Waals surface area contributed by atoms with Crippen molar-refractivity contribution in [3.63, 3.8) is 0 Å². The Morgan fingerprint density at radius 2 is 1.95 bits per heavy atom. The highest BCUT2D eigenvalue weighted by Crippen LogP contribution is 2.23. The topological polar surface area (TPSA) is 58.6 Å². The van der Waals surface area contributed by atoms with Crippen LogP contribution < -0.4 is 10.1 Å². The van der Waals surface area contributed by atoms with E-state index in [0.29, 0.717) is 18.2 Å². The third kappa shape index (κ3) is 5.32. The Morgan fingerprint density at radius 3 is 2.57 bits per heavy atom. The highest BCUT2D eigenvalue weighted by Gasteiger charge is 2.21. The van der Waals surface area contributed by atoms with Crippen molar-refractivity contribution in [1.82, 2.24) is 5.32 Å². The van der Waals surface area contributed by atoms with Crippen LogP contribution in [0, 0.1) is 5.92 Å². The quantitative estimate of drug-likeness (QED) is 0.853. The minimum Gasteiger partial charge on any atom is -0.481 e. The second-order valence-electron chi connectivity index (χ2n) is 5.63. The molecule has 0 aromatic heterocycles. The smallest absolute Gasteiger partial charge is 0.260 e. The number of amides is 1. The van der Waals surface area contributed by atoms with Crippen LogP contribution in [0.3, 0.4) is 0 Å². The third-order valence-electron chi connectivity index (χ3n) is 3.88. The van der Waals surface area contributed by atoms with E-state index in [1.165, 1.54) is 0 Å². The van der Waals surface area contributed by atoms with Crippen molar-refractivity contribution in [3.8, 4) is 5.75 Å². The number of rotatable bonds is 5. The van der Waals surface area contributed by atoms with Crippen LogP contribution >= 0.6 is 15.9 Å². The molecule has 1 atom stereocenters. The molecule has 1 aromatic carbocycles. The van der Waals surface area contributed by atoms with Gasteiger partial charge in [-0.05, 0) is 62.8 Å². The fourth-order valence-electron chi connectivity index (χ4n) is 2.51. The molecule has 2 N–H and O–H groups in total. The van der Waals surface area contributed by atoms with Crippen molar-refractivity contribution in [2.45, 2.75) is 44.8 Å². The zero-order valence-corrected chi connectivity index (χ0v) is 13.8. The van der Waals surface area contributed by atoms with E-state index in [9.17, 15) is 9.90 Å². The minimum atomic E-state index is -0.514.